The molecule has 0 saturated heterocycles. The molecule has 1 heterocycles. The van der Waals surface area contributed by atoms with E-state index in [4.69, 9.17) is 0 Å². The Labute approximate surface area is 113 Å². The van der Waals surface area contributed by atoms with Gasteiger partial charge in [-0.1, -0.05) is 12.1 Å². The van der Waals surface area contributed by atoms with Crippen molar-refractivity contribution >= 4 is 0 Å². The lowest BCUT2D eigenvalue weighted by atomic mass is 10.0. The predicted molar refractivity (Wildman–Crippen MR) is 75.3 cm³/mol. The third-order valence-corrected chi connectivity index (χ3v) is 3.40. The minimum atomic E-state index is -0.150. The van der Waals surface area contributed by atoms with E-state index in [1.54, 1.807) is 25.4 Å². The van der Waals surface area contributed by atoms with E-state index in [1.165, 1.54) is 5.56 Å². The molecule has 2 aromatic rings. The quantitative estimate of drug-likeness (QED) is 0.898. The first-order chi connectivity index (χ1) is 9.08. The van der Waals surface area contributed by atoms with Crippen molar-refractivity contribution in [1.29, 1.82) is 0 Å². The Kier molecular flexibility index (Phi) is 4.27. The average Bonchev–Trinajstić information content (AvgIpc) is 2.42. The minimum Gasteiger partial charge on any atom is -0.304 e. The Morgan fingerprint density at radius 2 is 1.63 bits per heavy atom. The summed E-state index contributed by atoms with van der Waals surface area (Å²) in [6, 6.07) is 9.66. The number of pyridine rings is 1. The Balaban J connectivity index is 2.08. The monoisotopic (exact) mass is 258 g/mol. The predicted octanol–water partition coefficient (Wildman–Crippen LogP) is 3.94. The van der Waals surface area contributed by atoms with Crippen LogP contribution in [0, 0.1) is 12.7 Å². The van der Waals surface area contributed by atoms with Gasteiger partial charge in [0, 0.05) is 24.5 Å². The van der Waals surface area contributed by atoms with Gasteiger partial charge >= 0.3 is 0 Å². The number of nitrogens with zero attached hydrogens (tertiary/aromatic N) is 1. The largest absolute Gasteiger partial charge is 0.304 e. The Bertz CT molecular complexity index is 540. The van der Waals surface area contributed by atoms with Crippen LogP contribution in [0.3, 0.4) is 0 Å². The molecule has 2 nitrogen and oxygen atoms in total. The summed E-state index contributed by atoms with van der Waals surface area (Å²) in [6.45, 7) is 5.91. The van der Waals surface area contributed by atoms with Gasteiger partial charge in [-0.05, 0) is 55.7 Å². The molecule has 3 heteroatoms. The number of aryl methyl sites for hydroxylation is 1. The van der Waals surface area contributed by atoms with Crippen LogP contribution in [-0.4, -0.2) is 4.98 Å². The molecule has 1 unspecified atom stereocenters. The van der Waals surface area contributed by atoms with Gasteiger partial charge in [0.1, 0.15) is 5.82 Å². The van der Waals surface area contributed by atoms with E-state index in [1.807, 2.05) is 31.2 Å². The highest BCUT2D eigenvalue weighted by Gasteiger charge is 2.12. The van der Waals surface area contributed by atoms with Crippen LogP contribution in [-0.2, 0) is 0 Å². The summed E-state index contributed by atoms with van der Waals surface area (Å²) in [6.07, 6.45) is 3.56. The molecular weight excluding hydrogens is 239 g/mol. The molecular formula is C16H19FN2. The van der Waals surface area contributed by atoms with Crippen LogP contribution in [0.25, 0.3) is 0 Å². The standard InChI is InChI=1S/C16H19FN2/c1-11-4-5-15(10-16(11)17)13(3)19-12(2)14-6-8-18-9-7-14/h4-10,12-13,19H,1-3H3/t12-,13?/m1/s1. The van der Waals surface area contributed by atoms with Gasteiger partial charge in [0.05, 0.1) is 0 Å². The number of hydrogen-bond acceptors (Lipinski definition) is 2. The summed E-state index contributed by atoms with van der Waals surface area (Å²) in [7, 11) is 0. The van der Waals surface area contributed by atoms with Gasteiger partial charge in [-0.3, -0.25) is 4.98 Å². The van der Waals surface area contributed by atoms with E-state index in [-0.39, 0.29) is 17.9 Å². The first-order valence-electron chi connectivity index (χ1n) is 6.50. The van der Waals surface area contributed by atoms with Crippen LogP contribution in [0.1, 0.15) is 42.6 Å². The minimum absolute atomic E-state index is 0.0956. The number of halogens is 1. The summed E-state index contributed by atoms with van der Waals surface area (Å²) >= 11 is 0. The van der Waals surface area contributed by atoms with E-state index in [2.05, 4.69) is 17.2 Å². The lowest BCUT2D eigenvalue weighted by Gasteiger charge is -2.21. The molecule has 1 aromatic heterocycles. The van der Waals surface area contributed by atoms with E-state index in [0.717, 1.165) is 5.56 Å². The van der Waals surface area contributed by atoms with E-state index in [9.17, 15) is 4.39 Å². The topological polar surface area (TPSA) is 24.9 Å². The van der Waals surface area contributed by atoms with Crippen LogP contribution < -0.4 is 5.32 Å². The molecule has 19 heavy (non-hydrogen) atoms. The third-order valence-electron chi connectivity index (χ3n) is 3.40. The van der Waals surface area contributed by atoms with Crippen LogP contribution in [0.2, 0.25) is 0 Å². The Hall–Kier alpha value is -1.74. The zero-order valence-electron chi connectivity index (χ0n) is 11.5. The van der Waals surface area contributed by atoms with Crippen molar-refractivity contribution in [2.75, 3.05) is 0 Å². The summed E-state index contributed by atoms with van der Waals surface area (Å²) in [5.41, 5.74) is 2.82. The maximum atomic E-state index is 13.6. The maximum Gasteiger partial charge on any atom is 0.126 e. The van der Waals surface area contributed by atoms with Gasteiger partial charge in [0.2, 0.25) is 0 Å². The van der Waals surface area contributed by atoms with Crippen LogP contribution in [0.4, 0.5) is 4.39 Å². The van der Waals surface area contributed by atoms with Gasteiger partial charge in [-0.2, -0.15) is 0 Å². The fourth-order valence-electron chi connectivity index (χ4n) is 2.10. The third kappa shape index (κ3) is 3.38. The van der Waals surface area contributed by atoms with Crippen molar-refractivity contribution < 1.29 is 4.39 Å². The van der Waals surface area contributed by atoms with E-state index in [0.29, 0.717) is 5.56 Å². The smallest absolute Gasteiger partial charge is 0.126 e. The molecule has 100 valence electrons. The molecule has 0 bridgehead atoms. The first kappa shape index (κ1) is 13.7. The molecule has 0 aliphatic carbocycles. The van der Waals surface area contributed by atoms with Gasteiger partial charge in [0.15, 0.2) is 0 Å². The number of aromatic nitrogens is 1. The van der Waals surface area contributed by atoms with E-state index >= 15 is 0 Å². The van der Waals surface area contributed by atoms with Crippen LogP contribution in [0.15, 0.2) is 42.7 Å². The first-order valence-corrected chi connectivity index (χ1v) is 6.50. The van der Waals surface area contributed by atoms with Gasteiger partial charge in [-0.25, -0.2) is 4.39 Å². The van der Waals surface area contributed by atoms with Crippen molar-refractivity contribution in [3.63, 3.8) is 0 Å². The summed E-state index contributed by atoms with van der Waals surface area (Å²) < 4.78 is 13.6. The Morgan fingerprint density at radius 1 is 1.00 bits per heavy atom. The van der Waals surface area contributed by atoms with Gasteiger partial charge in [-0.15, -0.1) is 0 Å². The molecule has 2 atom stereocenters. The molecule has 0 radical (unpaired) electrons. The zero-order chi connectivity index (χ0) is 13.8. The van der Waals surface area contributed by atoms with Gasteiger partial charge < -0.3 is 5.32 Å². The second kappa shape index (κ2) is 5.93. The summed E-state index contributed by atoms with van der Waals surface area (Å²) in [5.74, 6) is -0.150. The lowest BCUT2D eigenvalue weighted by Crippen LogP contribution is -2.22. The van der Waals surface area contributed by atoms with Crippen molar-refractivity contribution in [3.8, 4) is 0 Å². The number of hydrogen-bond donors (Lipinski definition) is 1. The fraction of sp³-hybridized carbons (Fsp3) is 0.312. The van der Waals surface area contributed by atoms with Crippen molar-refractivity contribution in [1.82, 2.24) is 10.3 Å². The van der Waals surface area contributed by atoms with Crippen molar-refractivity contribution in [2.45, 2.75) is 32.9 Å². The molecule has 0 aliphatic rings. The molecule has 1 N–H and O–H groups in total. The van der Waals surface area contributed by atoms with E-state index < -0.39 is 0 Å². The number of rotatable bonds is 4. The highest BCUT2D eigenvalue weighted by atomic mass is 19.1. The van der Waals surface area contributed by atoms with Crippen LogP contribution >= 0.6 is 0 Å². The molecule has 2 rings (SSSR count). The highest BCUT2D eigenvalue weighted by molar-refractivity contribution is 5.26. The molecule has 0 fully saturated rings. The van der Waals surface area contributed by atoms with Gasteiger partial charge in [0.25, 0.3) is 0 Å². The SMILES string of the molecule is Cc1ccc(C(C)N[C@H](C)c2ccncc2)cc1F. The highest BCUT2D eigenvalue weighted by Crippen LogP contribution is 2.20. The molecule has 1 aromatic carbocycles. The lowest BCUT2D eigenvalue weighted by molar-refractivity contribution is 0.491. The zero-order valence-corrected chi connectivity index (χ0v) is 11.5. The Morgan fingerprint density at radius 3 is 2.26 bits per heavy atom. The molecule has 0 saturated carbocycles. The van der Waals surface area contributed by atoms with Crippen molar-refractivity contribution in [2.24, 2.45) is 0 Å². The second-order valence-corrected chi connectivity index (χ2v) is 4.90. The fourth-order valence-corrected chi connectivity index (χ4v) is 2.10. The summed E-state index contributed by atoms with van der Waals surface area (Å²) in [4.78, 5) is 4.01. The number of nitrogens with one attached hydrogen (secondary N) is 1. The normalized spacial score (nSPS) is 14.1. The molecule has 0 aliphatic heterocycles. The second-order valence-electron chi connectivity index (χ2n) is 4.90. The summed E-state index contributed by atoms with van der Waals surface area (Å²) in [5, 5.41) is 3.46. The van der Waals surface area contributed by atoms with Crippen LogP contribution in [0.5, 0.6) is 0 Å². The maximum absolute atomic E-state index is 13.6. The molecule has 0 amide bonds. The molecule has 0 spiro atoms. The number of benzene rings is 1. The average molecular weight is 258 g/mol. The van der Waals surface area contributed by atoms with Crippen molar-refractivity contribution in [3.05, 3.63) is 65.2 Å².